The highest BCUT2D eigenvalue weighted by Gasteiger charge is 2.07. The monoisotopic (exact) mass is 206 g/mol. The Bertz CT molecular complexity index is 569. The molecule has 0 radical (unpaired) electrons. The SMILES string of the molecule is Cc1cc(O)cc2c(=O)oc(CO)cc12. The molecule has 4 heteroatoms. The number of phenols is 1. The molecule has 2 aromatic rings. The molecule has 1 heterocycles. The molecular formula is C11H10O4. The molecule has 0 amide bonds. The van der Waals surface area contributed by atoms with Gasteiger partial charge >= 0.3 is 5.63 Å². The van der Waals surface area contributed by atoms with Crippen LogP contribution in [-0.2, 0) is 6.61 Å². The van der Waals surface area contributed by atoms with Gasteiger partial charge in [0.15, 0.2) is 0 Å². The van der Waals surface area contributed by atoms with E-state index in [9.17, 15) is 9.90 Å². The molecule has 78 valence electrons. The van der Waals surface area contributed by atoms with E-state index in [2.05, 4.69) is 0 Å². The topological polar surface area (TPSA) is 70.7 Å². The van der Waals surface area contributed by atoms with E-state index in [1.165, 1.54) is 6.07 Å². The lowest BCUT2D eigenvalue weighted by molar-refractivity contribution is 0.241. The molecule has 1 aromatic carbocycles. The summed E-state index contributed by atoms with van der Waals surface area (Å²) >= 11 is 0. The van der Waals surface area contributed by atoms with Gasteiger partial charge in [-0.1, -0.05) is 0 Å². The van der Waals surface area contributed by atoms with Crippen molar-refractivity contribution in [3.05, 3.63) is 39.9 Å². The maximum absolute atomic E-state index is 11.5. The van der Waals surface area contributed by atoms with E-state index in [0.29, 0.717) is 10.8 Å². The van der Waals surface area contributed by atoms with Crippen molar-refractivity contribution in [1.82, 2.24) is 0 Å². The van der Waals surface area contributed by atoms with Crippen LogP contribution in [-0.4, -0.2) is 10.2 Å². The van der Waals surface area contributed by atoms with Crippen molar-refractivity contribution in [3.8, 4) is 5.75 Å². The van der Waals surface area contributed by atoms with Gasteiger partial charge in [-0.3, -0.25) is 0 Å². The Hall–Kier alpha value is -1.81. The zero-order chi connectivity index (χ0) is 11.0. The Labute approximate surface area is 85.4 Å². The van der Waals surface area contributed by atoms with Crippen LogP contribution in [0.5, 0.6) is 5.75 Å². The lowest BCUT2D eigenvalue weighted by atomic mass is 10.1. The van der Waals surface area contributed by atoms with Crippen molar-refractivity contribution < 1.29 is 14.6 Å². The Kier molecular flexibility index (Phi) is 2.21. The van der Waals surface area contributed by atoms with Gasteiger partial charge < -0.3 is 14.6 Å². The summed E-state index contributed by atoms with van der Waals surface area (Å²) in [5.74, 6) is 0.255. The molecule has 0 spiro atoms. The maximum Gasteiger partial charge on any atom is 0.344 e. The van der Waals surface area contributed by atoms with Gasteiger partial charge in [0.2, 0.25) is 0 Å². The molecular weight excluding hydrogens is 196 g/mol. The molecule has 2 N–H and O–H groups in total. The number of rotatable bonds is 1. The van der Waals surface area contributed by atoms with Crippen LogP contribution >= 0.6 is 0 Å². The largest absolute Gasteiger partial charge is 0.508 e. The molecule has 0 bridgehead atoms. The summed E-state index contributed by atoms with van der Waals surface area (Å²) in [7, 11) is 0. The van der Waals surface area contributed by atoms with Crippen LogP contribution in [0.25, 0.3) is 10.8 Å². The molecule has 0 aliphatic rings. The standard InChI is InChI=1S/C11H10O4/c1-6-2-7(13)3-10-9(6)4-8(5-12)15-11(10)14/h2-4,12-13H,5H2,1H3. The summed E-state index contributed by atoms with van der Waals surface area (Å²) in [6.07, 6.45) is 0. The van der Waals surface area contributed by atoms with E-state index in [4.69, 9.17) is 9.52 Å². The van der Waals surface area contributed by atoms with Gasteiger partial charge in [0.1, 0.15) is 18.1 Å². The molecule has 1 aromatic heterocycles. The molecule has 0 aliphatic carbocycles. The van der Waals surface area contributed by atoms with Crippen molar-refractivity contribution in [2.75, 3.05) is 0 Å². The first-order valence-corrected chi connectivity index (χ1v) is 4.49. The second-order valence-corrected chi connectivity index (χ2v) is 3.38. The predicted octanol–water partition coefficient (Wildman–Crippen LogP) is 1.30. The van der Waals surface area contributed by atoms with Crippen molar-refractivity contribution in [2.24, 2.45) is 0 Å². The van der Waals surface area contributed by atoms with E-state index < -0.39 is 5.63 Å². The molecule has 15 heavy (non-hydrogen) atoms. The first-order chi connectivity index (χ1) is 7.11. The summed E-state index contributed by atoms with van der Waals surface area (Å²) in [6.45, 7) is 1.47. The summed E-state index contributed by atoms with van der Waals surface area (Å²) in [6, 6.07) is 4.52. The smallest absolute Gasteiger partial charge is 0.344 e. The zero-order valence-electron chi connectivity index (χ0n) is 8.15. The maximum atomic E-state index is 11.5. The number of benzene rings is 1. The first kappa shape index (κ1) is 9.73. The summed E-state index contributed by atoms with van der Waals surface area (Å²) < 4.78 is 4.83. The fraction of sp³-hybridized carbons (Fsp3) is 0.182. The third-order valence-corrected chi connectivity index (χ3v) is 2.28. The highest BCUT2D eigenvalue weighted by molar-refractivity contribution is 5.85. The minimum atomic E-state index is -0.546. The van der Waals surface area contributed by atoms with E-state index in [-0.39, 0.29) is 18.1 Å². The van der Waals surface area contributed by atoms with Gasteiger partial charge in [-0.15, -0.1) is 0 Å². The second-order valence-electron chi connectivity index (χ2n) is 3.38. The van der Waals surface area contributed by atoms with Crippen LogP contribution in [0, 0.1) is 6.92 Å². The van der Waals surface area contributed by atoms with E-state index in [1.54, 1.807) is 19.1 Å². The van der Waals surface area contributed by atoms with E-state index >= 15 is 0 Å². The van der Waals surface area contributed by atoms with Crippen molar-refractivity contribution in [2.45, 2.75) is 13.5 Å². The predicted molar refractivity (Wildman–Crippen MR) is 54.8 cm³/mol. The number of fused-ring (bicyclic) bond motifs is 1. The number of aryl methyl sites for hydroxylation is 1. The van der Waals surface area contributed by atoms with Gasteiger partial charge in [-0.05, 0) is 36.1 Å². The second kappa shape index (κ2) is 3.40. The minimum Gasteiger partial charge on any atom is -0.508 e. The molecule has 0 atom stereocenters. The van der Waals surface area contributed by atoms with Crippen LogP contribution in [0.3, 0.4) is 0 Å². The third kappa shape index (κ3) is 1.59. The summed E-state index contributed by atoms with van der Waals surface area (Å²) in [5.41, 5.74) is 0.225. The molecule has 0 unspecified atom stereocenters. The van der Waals surface area contributed by atoms with Crippen LogP contribution < -0.4 is 5.63 Å². The van der Waals surface area contributed by atoms with E-state index in [1.807, 2.05) is 0 Å². The number of aliphatic hydroxyl groups is 1. The Morgan fingerprint density at radius 3 is 2.67 bits per heavy atom. The number of phenolic OH excluding ortho intramolecular Hbond substituents is 1. The molecule has 0 aliphatic heterocycles. The van der Waals surface area contributed by atoms with Crippen molar-refractivity contribution in [1.29, 1.82) is 0 Å². The van der Waals surface area contributed by atoms with Crippen LogP contribution in [0.1, 0.15) is 11.3 Å². The molecule has 2 rings (SSSR count). The van der Waals surface area contributed by atoms with Gasteiger partial charge in [0.05, 0.1) is 5.39 Å². The molecule has 0 saturated carbocycles. The quantitative estimate of drug-likeness (QED) is 0.737. The first-order valence-electron chi connectivity index (χ1n) is 4.49. The Balaban J connectivity index is 2.91. The highest BCUT2D eigenvalue weighted by Crippen LogP contribution is 2.22. The fourth-order valence-electron chi connectivity index (χ4n) is 1.58. The summed E-state index contributed by atoms with van der Waals surface area (Å²) in [5, 5.41) is 19.2. The average Bonchev–Trinajstić information content (AvgIpc) is 2.19. The van der Waals surface area contributed by atoms with Crippen LogP contribution in [0.2, 0.25) is 0 Å². The molecule has 0 fully saturated rings. The number of hydrogen-bond donors (Lipinski definition) is 2. The van der Waals surface area contributed by atoms with Crippen LogP contribution in [0.15, 0.2) is 27.4 Å². The lowest BCUT2D eigenvalue weighted by Gasteiger charge is -2.03. The summed E-state index contributed by atoms with van der Waals surface area (Å²) in [4.78, 5) is 11.5. The minimum absolute atomic E-state index is 0.0315. The number of aromatic hydroxyl groups is 1. The lowest BCUT2D eigenvalue weighted by Crippen LogP contribution is -2.02. The van der Waals surface area contributed by atoms with Crippen molar-refractivity contribution >= 4 is 10.8 Å². The Morgan fingerprint density at radius 2 is 2.00 bits per heavy atom. The normalized spacial score (nSPS) is 10.8. The molecule has 4 nitrogen and oxygen atoms in total. The third-order valence-electron chi connectivity index (χ3n) is 2.28. The fourth-order valence-corrected chi connectivity index (χ4v) is 1.58. The Morgan fingerprint density at radius 1 is 1.27 bits per heavy atom. The van der Waals surface area contributed by atoms with E-state index in [0.717, 1.165) is 5.56 Å². The van der Waals surface area contributed by atoms with Crippen LogP contribution in [0.4, 0.5) is 0 Å². The van der Waals surface area contributed by atoms with Gasteiger partial charge in [0.25, 0.3) is 0 Å². The van der Waals surface area contributed by atoms with Gasteiger partial charge in [-0.2, -0.15) is 0 Å². The van der Waals surface area contributed by atoms with Gasteiger partial charge in [0, 0.05) is 0 Å². The number of aliphatic hydroxyl groups excluding tert-OH is 1. The number of hydrogen-bond acceptors (Lipinski definition) is 4. The van der Waals surface area contributed by atoms with Gasteiger partial charge in [-0.25, -0.2) is 4.79 Å². The van der Waals surface area contributed by atoms with Crippen molar-refractivity contribution in [3.63, 3.8) is 0 Å². The highest BCUT2D eigenvalue weighted by atomic mass is 16.4. The molecule has 0 saturated heterocycles. The average molecular weight is 206 g/mol. The zero-order valence-corrected chi connectivity index (χ0v) is 8.15.